The number of halogens is 1. The van der Waals surface area contributed by atoms with Gasteiger partial charge in [0.25, 0.3) is 0 Å². The molecule has 0 spiro atoms. The van der Waals surface area contributed by atoms with E-state index < -0.39 is 20.0 Å². The number of carbonyl (C=O) groups excluding carboxylic acids is 1. The summed E-state index contributed by atoms with van der Waals surface area (Å²) < 4.78 is 26.8. The molecule has 0 atom stereocenters. The van der Waals surface area contributed by atoms with Gasteiger partial charge in [0.1, 0.15) is 4.75 Å². The Labute approximate surface area is 159 Å². The first kappa shape index (κ1) is 17.3. The van der Waals surface area contributed by atoms with Crippen LogP contribution in [0.25, 0.3) is 10.9 Å². The van der Waals surface area contributed by atoms with E-state index in [4.69, 9.17) is 0 Å². The lowest BCUT2D eigenvalue weighted by Gasteiger charge is -2.39. The van der Waals surface area contributed by atoms with Gasteiger partial charge < -0.3 is 0 Å². The van der Waals surface area contributed by atoms with Crippen LogP contribution in [0.1, 0.15) is 32.1 Å². The lowest BCUT2D eigenvalue weighted by molar-refractivity contribution is -0.123. The van der Waals surface area contributed by atoms with Gasteiger partial charge in [0.15, 0.2) is 0 Å². The van der Waals surface area contributed by atoms with Crippen LogP contribution in [0.2, 0.25) is 0 Å². The van der Waals surface area contributed by atoms with E-state index in [1.54, 1.807) is 6.20 Å². The second-order valence-electron chi connectivity index (χ2n) is 6.60. The summed E-state index contributed by atoms with van der Waals surface area (Å²) in [6, 6.07) is 7.73. The van der Waals surface area contributed by atoms with Gasteiger partial charge in [-0.05, 0) is 56.4 Å². The van der Waals surface area contributed by atoms with Crippen LogP contribution in [-0.2, 0) is 14.8 Å². The molecule has 0 bridgehead atoms. The van der Waals surface area contributed by atoms with E-state index >= 15 is 0 Å². The van der Waals surface area contributed by atoms with Crippen molar-refractivity contribution in [3.05, 3.63) is 34.9 Å². The number of rotatable bonds is 5. The quantitative estimate of drug-likeness (QED) is 0.767. The van der Waals surface area contributed by atoms with Gasteiger partial charge in [-0.1, -0.05) is 15.9 Å². The van der Waals surface area contributed by atoms with Crippen LogP contribution in [0.15, 0.2) is 39.8 Å². The number of amides is 1. The van der Waals surface area contributed by atoms with Crippen molar-refractivity contribution in [2.24, 2.45) is 0 Å². The lowest BCUT2D eigenvalue weighted by atomic mass is 9.84. The molecule has 1 aromatic carbocycles. The third-order valence-corrected chi connectivity index (χ3v) is 8.61. The zero-order valence-corrected chi connectivity index (χ0v) is 16.6. The van der Waals surface area contributed by atoms with E-state index in [2.05, 4.69) is 25.6 Å². The number of nitrogens with zero attached hydrogens (tertiary/aromatic N) is 1. The Morgan fingerprint density at radius 1 is 1.28 bits per heavy atom. The Kier molecular flexibility index (Phi) is 4.32. The monoisotopic (exact) mass is 440 g/mol. The van der Waals surface area contributed by atoms with Gasteiger partial charge in [-0.3, -0.25) is 14.5 Å². The molecule has 1 aromatic heterocycles. The van der Waals surface area contributed by atoms with Gasteiger partial charge in [0.05, 0.1) is 10.8 Å². The van der Waals surface area contributed by atoms with Crippen LogP contribution >= 0.6 is 27.7 Å². The fourth-order valence-corrected chi connectivity index (χ4v) is 6.21. The van der Waals surface area contributed by atoms with E-state index in [1.165, 1.54) is 11.8 Å². The molecule has 2 fully saturated rings. The normalized spacial score (nSPS) is 19.4. The molecule has 25 heavy (non-hydrogen) atoms. The number of fused-ring (bicyclic) bond motifs is 1. The molecule has 0 unspecified atom stereocenters. The summed E-state index contributed by atoms with van der Waals surface area (Å²) in [5.74, 6) is -0.379. The molecule has 132 valence electrons. The van der Waals surface area contributed by atoms with Crippen molar-refractivity contribution in [3.8, 4) is 0 Å². The number of thioether (sulfide) groups is 1. The van der Waals surface area contributed by atoms with Crippen LogP contribution in [0.3, 0.4) is 0 Å². The molecular formula is C17H17BrN2O3S2. The van der Waals surface area contributed by atoms with Crippen LogP contribution in [0.5, 0.6) is 0 Å². The first-order valence-electron chi connectivity index (χ1n) is 8.19. The van der Waals surface area contributed by atoms with Gasteiger partial charge in [-0.2, -0.15) is 0 Å². The maximum atomic E-state index is 12.8. The topological polar surface area (TPSA) is 76.1 Å². The highest BCUT2D eigenvalue weighted by atomic mass is 79.9. The predicted octanol–water partition coefficient (Wildman–Crippen LogP) is 3.62. The Balaban J connectivity index is 1.64. The molecular weight excluding hydrogens is 424 g/mol. The zero-order valence-electron chi connectivity index (χ0n) is 13.4. The fourth-order valence-electron chi connectivity index (χ4n) is 2.95. The molecule has 4 rings (SSSR count). The van der Waals surface area contributed by atoms with Crippen LogP contribution in [0, 0.1) is 0 Å². The van der Waals surface area contributed by atoms with Gasteiger partial charge in [-0.25, -0.2) is 8.42 Å². The van der Waals surface area contributed by atoms with Crippen LogP contribution < -0.4 is 4.72 Å². The van der Waals surface area contributed by atoms with Gasteiger partial charge in [0, 0.05) is 21.0 Å². The number of pyridine rings is 1. The van der Waals surface area contributed by atoms with Crippen molar-refractivity contribution >= 4 is 54.5 Å². The summed E-state index contributed by atoms with van der Waals surface area (Å²) in [5, 5.41) is 0.572. The molecule has 8 heteroatoms. The lowest BCUT2D eigenvalue weighted by Crippen LogP contribution is -2.51. The minimum absolute atomic E-state index is 0.379. The van der Waals surface area contributed by atoms with Crippen molar-refractivity contribution in [1.29, 1.82) is 0 Å². The van der Waals surface area contributed by atoms with Crippen LogP contribution in [0.4, 0.5) is 0 Å². The molecule has 5 nitrogen and oxygen atoms in total. The molecule has 0 saturated heterocycles. The molecule has 1 N–H and O–H groups in total. The fraction of sp³-hybridized carbons (Fsp3) is 0.412. The molecule has 0 radical (unpaired) electrons. The molecule has 2 saturated carbocycles. The first-order valence-corrected chi connectivity index (χ1v) is 11.3. The van der Waals surface area contributed by atoms with Crippen molar-refractivity contribution in [1.82, 2.24) is 9.71 Å². The highest BCUT2D eigenvalue weighted by Gasteiger charge is 2.48. The van der Waals surface area contributed by atoms with Gasteiger partial charge >= 0.3 is 0 Å². The highest BCUT2D eigenvalue weighted by Crippen LogP contribution is 2.49. The number of carbonyl (C=O) groups is 1. The third kappa shape index (κ3) is 3.31. The van der Waals surface area contributed by atoms with Crippen molar-refractivity contribution in [3.63, 3.8) is 0 Å². The number of hydrogen-bond acceptors (Lipinski definition) is 5. The largest absolute Gasteiger partial charge is 0.272 e. The minimum atomic E-state index is -3.52. The smallest absolute Gasteiger partial charge is 0.250 e. The second-order valence-corrected chi connectivity index (χ2v) is 10.9. The van der Waals surface area contributed by atoms with Crippen molar-refractivity contribution in [2.75, 3.05) is 0 Å². The number of hydrogen-bond donors (Lipinski definition) is 1. The van der Waals surface area contributed by atoms with E-state index in [9.17, 15) is 13.2 Å². The molecule has 1 heterocycles. The summed E-state index contributed by atoms with van der Waals surface area (Å²) in [6.07, 6.45) is 5.31. The molecule has 0 aliphatic heterocycles. The summed E-state index contributed by atoms with van der Waals surface area (Å²) >= 11 is 4.93. The summed E-state index contributed by atoms with van der Waals surface area (Å²) in [5.41, 5.74) is 0.855. The average Bonchev–Trinajstić information content (AvgIpc) is 3.35. The second kappa shape index (κ2) is 6.25. The van der Waals surface area contributed by atoms with E-state index in [0.29, 0.717) is 25.7 Å². The van der Waals surface area contributed by atoms with E-state index in [0.717, 1.165) is 26.7 Å². The Morgan fingerprint density at radius 3 is 2.68 bits per heavy atom. The number of benzene rings is 1. The first-order chi connectivity index (χ1) is 11.9. The molecule has 2 aliphatic carbocycles. The Hall–Kier alpha value is -1.12. The highest BCUT2D eigenvalue weighted by molar-refractivity contribution is 9.10. The van der Waals surface area contributed by atoms with E-state index in [1.807, 2.05) is 24.3 Å². The average molecular weight is 441 g/mol. The number of nitrogens with one attached hydrogen (secondary N) is 1. The zero-order chi connectivity index (χ0) is 17.7. The van der Waals surface area contributed by atoms with Gasteiger partial charge in [0.2, 0.25) is 15.9 Å². The standard InChI is InChI=1S/C17H17BrN2O3S2/c18-11-2-5-14-13(10-11)15(6-9-19-14)24-17(7-1-8-17)16(21)20-25(22,23)12-3-4-12/h2,5-6,9-10,12H,1,3-4,7-8H2,(H,20,21). The molecule has 2 aromatic rings. The summed E-state index contributed by atoms with van der Waals surface area (Å²) in [7, 11) is -3.52. The SMILES string of the molecule is O=C(NS(=O)(=O)C1CC1)C1(Sc2ccnc3ccc(Br)cc23)CCC1. The van der Waals surface area contributed by atoms with Crippen molar-refractivity contribution in [2.45, 2.75) is 47.0 Å². The molecule has 2 aliphatic rings. The number of sulfonamides is 1. The number of aromatic nitrogens is 1. The summed E-state index contributed by atoms with van der Waals surface area (Å²) in [6.45, 7) is 0. The van der Waals surface area contributed by atoms with Gasteiger partial charge in [-0.15, -0.1) is 11.8 Å². The maximum absolute atomic E-state index is 12.8. The summed E-state index contributed by atoms with van der Waals surface area (Å²) in [4.78, 5) is 18.1. The van der Waals surface area contributed by atoms with Crippen molar-refractivity contribution < 1.29 is 13.2 Å². The van der Waals surface area contributed by atoms with Crippen LogP contribution in [-0.4, -0.2) is 29.3 Å². The predicted molar refractivity (Wildman–Crippen MR) is 102 cm³/mol. The minimum Gasteiger partial charge on any atom is -0.272 e. The Morgan fingerprint density at radius 2 is 2.04 bits per heavy atom. The van der Waals surface area contributed by atoms with E-state index in [-0.39, 0.29) is 5.91 Å². The maximum Gasteiger partial charge on any atom is 0.250 e. The third-order valence-electron chi connectivity index (χ3n) is 4.74. The Bertz CT molecular complexity index is 954. The molecule has 1 amide bonds.